The van der Waals surface area contributed by atoms with Gasteiger partial charge in [-0.15, -0.1) is 0 Å². The van der Waals surface area contributed by atoms with Crippen LogP contribution in [0, 0.1) is 5.41 Å². The predicted molar refractivity (Wildman–Crippen MR) is 88.9 cm³/mol. The lowest BCUT2D eigenvalue weighted by Gasteiger charge is -2.29. The first-order valence-corrected chi connectivity index (χ1v) is 7.53. The van der Waals surface area contributed by atoms with Crippen LogP contribution in [0.2, 0.25) is 0 Å². The maximum Gasteiger partial charge on any atom is 0.253 e. The maximum atomic E-state index is 12.5. The van der Waals surface area contributed by atoms with E-state index in [2.05, 4.69) is 0 Å². The molecule has 0 fully saturated rings. The molecular formula is C17H27N3O2. The van der Waals surface area contributed by atoms with Crippen molar-refractivity contribution in [1.82, 2.24) is 9.80 Å². The molecule has 1 aromatic carbocycles. The van der Waals surface area contributed by atoms with E-state index in [1.807, 2.05) is 20.8 Å². The number of benzene rings is 1. The fourth-order valence-electron chi connectivity index (χ4n) is 2.15. The number of carbonyl (C=O) groups excluding carboxylic acids is 2. The molecule has 0 aromatic heterocycles. The third kappa shape index (κ3) is 4.56. The average Bonchev–Trinajstić information content (AvgIpc) is 2.52. The highest BCUT2D eigenvalue weighted by atomic mass is 16.2. The molecular weight excluding hydrogens is 278 g/mol. The van der Waals surface area contributed by atoms with E-state index >= 15 is 0 Å². The molecule has 0 saturated carbocycles. The molecule has 0 heterocycles. The summed E-state index contributed by atoms with van der Waals surface area (Å²) in [6.45, 7) is 7.65. The Balaban J connectivity index is 2.93. The minimum Gasteiger partial charge on any atom is -0.342 e. The van der Waals surface area contributed by atoms with Crippen LogP contribution in [0.1, 0.15) is 41.5 Å². The highest BCUT2D eigenvalue weighted by Gasteiger charge is 2.22. The number of hydrogen-bond donors (Lipinski definition) is 1. The Morgan fingerprint density at radius 2 is 1.59 bits per heavy atom. The molecule has 0 aliphatic rings. The second-order valence-corrected chi connectivity index (χ2v) is 6.43. The molecule has 1 aromatic rings. The molecule has 22 heavy (non-hydrogen) atoms. The number of carbonyl (C=O) groups is 2. The Kier molecular flexibility index (Phi) is 6.11. The van der Waals surface area contributed by atoms with Gasteiger partial charge < -0.3 is 15.5 Å². The molecule has 0 aliphatic carbocycles. The van der Waals surface area contributed by atoms with Crippen LogP contribution in [0.5, 0.6) is 0 Å². The predicted octanol–water partition coefficient (Wildman–Crippen LogP) is 1.84. The molecule has 0 saturated heterocycles. The van der Waals surface area contributed by atoms with E-state index in [-0.39, 0.29) is 17.2 Å². The summed E-state index contributed by atoms with van der Waals surface area (Å²) < 4.78 is 0. The highest BCUT2D eigenvalue weighted by molar-refractivity contribution is 5.99. The summed E-state index contributed by atoms with van der Waals surface area (Å²) in [5.74, 6) is -0.183. The number of nitrogens with zero attached hydrogens (tertiary/aromatic N) is 2. The van der Waals surface area contributed by atoms with Gasteiger partial charge in [-0.2, -0.15) is 0 Å². The van der Waals surface area contributed by atoms with Crippen molar-refractivity contribution in [2.75, 3.05) is 33.7 Å². The van der Waals surface area contributed by atoms with Gasteiger partial charge in [0.2, 0.25) is 0 Å². The van der Waals surface area contributed by atoms with Crippen LogP contribution in [-0.4, -0.2) is 55.3 Å². The average molecular weight is 305 g/mol. The summed E-state index contributed by atoms with van der Waals surface area (Å²) in [6.07, 6.45) is 0. The van der Waals surface area contributed by atoms with Crippen molar-refractivity contribution in [2.45, 2.75) is 20.8 Å². The molecule has 1 rings (SSSR count). The maximum absolute atomic E-state index is 12.5. The summed E-state index contributed by atoms with van der Waals surface area (Å²) in [7, 11) is 3.50. The number of nitrogens with two attached hydrogens (primary N) is 1. The summed E-state index contributed by atoms with van der Waals surface area (Å²) in [5, 5.41) is 0. The van der Waals surface area contributed by atoms with Crippen LogP contribution in [0.25, 0.3) is 0 Å². The Labute approximate surface area is 133 Å². The molecule has 5 heteroatoms. The molecule has 2 N–H and O–H groups in total. The van der Waals surface area contributed by atoms with Crippen LogP contribution in [0.15, 0.2) is 24.3 Å². The van der Waals surface area contributed by atoms with Crippen LogP contribution in [-0.2, 0) is 0 Å². The minimum atomic E-state index is -0.139. The molecule has 122 valence electrons. The van der Waals surface area contributed by atoms with Gasteiger partial charge in [-0.05, 0) is 37.1 Å². The third-order valence-electron chi connectivity index (χ3n) is 3.74. The lowest BCUT2D eigenvalue weighted by atomic mass is 9.93. The van der Waals surface area contributed by atoms with Gasteiger partial charge >= 0.3 is 0 Å². The molecule has 0 radical (unpaired) electrons. The van der Waals surface area contributed by atoms with E-state index in [1.165, 1.54) is 0 Å². The standard InChI is InChI=1S/C17H27N3O2/c1-6-19(4)15(21)13-8-7-9-14(10-13)16(22)20(5)12-17(2,3)11-18/h7-10H,6,11-12,18H2,1-5H3. The Hall–Kier alpha value is -1.88. The topological polar surface area (TPSA) is 66.6 Å². The van der Waals surface area contributed by atoms with Gasteiger partial charge in [0.05, 0.1) is 0 Å². The SMILES string of the molecule is CCN(C)C(=O)c1cccc(C(=O)N(C)CC(C)(C)CN)c1. The van der Waals surface area contributed by atoms with Crippen molar-refractivity contribution in [1.29, 1.82) is 0 Å². The minimum absolute atomic E-state index is 0.0814. The van der Waals surface area contributed by atoms with Gasteiger partial charge in [0.1, 0.15) is 0 Å². The quantitative estimate of drug-likeness (QED) is 0.872. The van der Waals surface area contributed by atoms with Crippen LogP contribution in [0.3, 0.4) is 0 Å². The van der Waals surface area contributed by atoms with Crippen molar-refractivity contribution in [3.63, 3.8) is 0 Å². The van der Waals surface area contributed by atoms with Gasteiger partial charge in [-0.25, -0.2) is 0 Å². The van der Waals surface area contributed by atoms with Crippen molar-refractivity contribution in [3.05, 3.63) is 35.4 Å². The van der Waals surface area contributed by atoms with Crippen LogP contribution in [0.4, 0.5) is 0 Å². The molecule has 5 nitrogen and oxygen atoms in total. The van der Waals surface area contributed by atoms with Gasteiger partial charge in [-0.1, -0.05) is 19.9 Å². The van der Waals surface area contributed by atoms with E-state index in [9.17, 15) is 9.59 Å². The van der Waals surface area contributed by atoms with Crippen LogP contribution < -0.4 is 5.73 Å². The monoisotopic (exact) mass is 305 g/mol. The van der Waals surface area contributed by atoms with Gasteiger partial charge in [0, 0.05) is 38.3 Å². The summed E-state index contributed by atoms with van der Waals surface area (Å²) in [5.41, 5.74) is 6.63. The molecule has 0 aliphatic heterocycles. The number of hydrogen-bond acceptors (Lipinski definition) is 3. The zero-order chi connectivity index (χ0) is 16.9. The normalized spacial score (nSPS) is 11.2. The van der Waals surface area contributed by atoms with E-state index in [4.69, 9.17) is 5.73 Å². The van der Waals surface area contributed by atoms with E-state index in [0.29, 0.717) is 30.8 Å². The van der Waals surface area contributed by atoms with Gasteiger partial charge in [0.15, 0.2) is 0 Å². The van der Waals surface area contributed by atoms with Crippen molar-refractivity contribution in [3.8, 4) is 0 Å². The van der Waals surface area contributed by atoms with Crippen molar-refractivity contribution >= 4 is 11.8 Å². The second kappa shape index (κ2) is 7.40. The number of rotatable bonds is 6. The third-order valence-corrected chi connectivity index (χ3v) is 3.74. The van der Waals surface area contributed by atoms with Crippen molar-refractivity contribution in [2.24, 2.45) is 11.1 Å². The Morgan fingerprint density at radius 3 is 2.05 bits per heavy atom. The smallest absolute Gasteiger partial charge is 0.253 e. The second-order valence-electron chi connectivity index (χ2n) is 6.43. The summed E-state index contributed by atoms with van der Waals surface area (Å²) in [4.78, 5) is 28.0. The van der Waals surface area contributed by atoms with Gasteiger partial charge in [0.25, 0.3) is 11.8 Å². The molecule has 0 bridgehead atoms. The van der Waals surface area contributed by atoms with Gasteiger partial charge in [-0.3, -0.25) is 9.59 Å². The van der Waals surface area contributed by atoms with Crippen LogP contribution >= 0.6 is 0 Å². The molecule has 0 spiro atoms. The lowest BCUT2D eigenvalue weighted by Crippen LogP contribution is -2.39. The van der Waals surface area contributed by atoms with E-state index in [1.54, 1.807) is 48.2 Å². The summed E-state index contributed by atoms with van der Waals surface area (Å²) in [6, 6.07) is 6.86. The van der Waals surface area contributed by atoms with E-state index in [0.717, 1.165) is 0 Å². The highest BCUT2D eigenvalue weighted by Crippen LogP contribution is 2.16. The molecule has 2 amide bonds. The first-order chi connectivity index (χ1) is 10.2. The molecule has 0 atom stereocenters. The first-order valence-electron chi connectivity index (χ1n) is 7.53. The first kappa shape index (κ1) is 18.2. The largest absolute Gasteiger partial charge is 0.342 e. The lowest BCUT2D eigenvalue weighted by molar-refractivity contribution is 0.0740. The Morgan fingerprint density at radius 1 is 1.09 bits per heavy atom. The summed E-state index contributed by atoms with van der Waals surface area (Å²) >= 11 is 0. The zero-order valence-electron chi connectivity index (χ0n) is 14.2. The van der Waals surface area contributed by atoms with E-state index < -0.39 is 0 Å². The zero-order valence-corrected chi connectivity index (χ0v) is 14.2. The Bertz CT molecular complexity index is 540. The molecule has 0 unspecified atom stereocenters. The fourth-order valence-corrected chi connectivity index (χ4v) is 2.15. The van der Waals surface area contributed by atoms with Crippen molar-refractivity contribution < 1.29 is 9.59 Å². The number of amides is 2. The fraction of sp³-hybridized carbons (Fsp3) is 0.529.